The lowest BCUT2D eigenvalue weighted by atomic mass is 10.1. The molecule has 0 bridgehead atoms. The van der Waals surface area contributed by atoms with Crippen LogP contribution in [0.4, 0.5) is 0 Å². The Labute approximate surface area is 142 Å². The molecule has 2 aromatic rings. The van der Waals surface area contributed by atoms with Gasteiger partial charge in [0.15, 0.2) is 0 Å². The van der Waals surface area contributed by atoms with Crippen LogP contribution < -0.4 is 0 Å². The molecule has 0 atom stereocenters. The van der Waals surface area contributed by atoms with Crippen LogP contribution in [0.1, 0.15) is 22.9 Å². The summed E-state index contributed by atoms with van der Waals surface area (Å²) in [6.07, 6.45) is 2.30. The van der Waals surface area contributed by atoms with Crippen LogP contribution in [0.2, 0.25) is 5.02 Å². The van der Waals surface area contributed by atoms with Gasteiger partial charge in [-0.05, 0) is 59.7 Å². The molecule has 0 saturated carbocycles. The molecule has 0 saturated heterocycles. The molecule has 0 radical (unpaired) electrons. The third-order valence-electron chi connectivity index (χ3n) is 2.91. The van der Waals surface area contributed by atoms with Gasteiger partial charge in [0.05, 0.1) is 6.61 Å². The van der Waals surface area contributed by atoms with E-state index in [0.29, 0.717) is 5.02 Å². The van der Waals surface area contributed by atoms with Crippen molar-refractivity contribution in [3.05, 3.63) is 72.9 Å². The highest BCUT2D eigenvalue weighted by atomic mass is 35.5. The summed E-state index contributed by atoms with van der Waals surface area (Å²) in [5, 5.41) is 6.10. The van der Waals surface area contributed by atoms with E-state index in [1.165, 1.54) is 17.4 Å². The van der Waals surface area contributed by atoms with Crippen molar-refractivity contribution >= 4 is 35.0 Å². The number of carbonyl (C=O) groups excluding carboxylic acids is 1. The van der Waals surface area contributed by atoms with Gasteiger partial charge in [0.25, 0.3) is 0 Å². The third kappa shape index (κ3) is 5.14. The molecule has 7 heteroatoms. The summed E-state index contributed by atoms with van der Waals surface area (Å²) in [5.74, 6) is -0.627. The Hall–Kier alpha value is -2.27. The summed E-state index contributed by atoms with van der Waals surface area (Å²) in [5.41, 5.74) is 10.8. The number of hydrogen-bond donors (Lipinski definition) is 0. The van der Waals surface area contributed by atoms with Crippen LogP contribution >= 0.6 is 22.9 Å². The summed E-state index contributed by atoms with van der Waals surface area (Å²) in [6.45, 7) is 1.92. The Morgan fingerprint density at radius 2 is 2.13 bits per heavy atom. The molecule has 0 aliphatic rings. The molecule has 0 unspecified atom stereocenters. The van der Waals surface area contributed by atoms with Crippen LogP contribution in [-0.2, 0) is 16.0 Å². The minimum absolute atomic E-state index is 0.0470. The van der Waals surface area contributed by atoms with Crippen LogP contribution in [0.5, 0.6) is 0 Å². The average molecular weight is 348 g/mol. The predicted octanol–water partition coefficient (Wildman–Crippen LogP) is 5.21. The lowest BCUT2D eigenvalue weighted by molar-refractivity contribution is -0.138. The molecule has 0 amide bonds. The fourth-order valence-corrected chi connectivity index (χ4v) is 2.88. The second-order valence-electron chi connectivity index (χ2n) is 4.60. The largest absolute Gasteiger partial charge is 0.462 e. The van der Waals surface area contributed by atoms with Crippen LogP contribution in [0.25, 0.3) is 16.5 Å². The molecule has 0 fully saturated rings. The van der Waals surface area contributed by atoms with E-state index in [1.807, 2.05) is 35.7 Å². The number of halogens is 1. The van der Waals surface area contributed by atoms with Crippen LogP contribution in [0, 0.1) is 0 Å². The topological polar surface area (TPSA) is 75.1 Å². The van der Waals surface area contributed by atoms with E-state index in [-0.39, 0.29) is 12.3 Å². The maximum Gasteiger partial charge on any atom is 0.340 e. The second-order valence-corrected chi connectivity index (χ2v) is 5.98. The molecule has 0 N–H and O–H groups in total. The Bertz CT molecular complexity index is 762. The van der Waals surface area contributed by atoms with Gasteiger partial charge in [-0.3, -0.25) is 0 Å². The van der Waals surface area contributed by atoms with Gasteiger partial charge in [-0.2, -0.15) is 0 Å². The van der Waals surface area contributed by atoms with Crippen molar-refractivity contribution < 1.29 is 9.53 Å². The first kappa shape index (κ1) is 17.1. The first-order valence-corrected chi connectivity index (χ1v) is 8.14. The van der Waals surface area contributed by atoms with Gasteiger partial charge in [0.2, 0.25) is 0 Å². The fraction of sp³-hybridized carbons (Fsp3) is 0.188. The van der Waals surface area contributed by atoms with E-state index in [4.69, 9.17) is 21.9 Å². The summed E-state index contributed by atoms with van der Waals surface area (Å²) in [7, 11) is 0. The second kappa shape index (κ2) is 8.39. The molecular weight excluding hydrogens is 334 g/mol. The molecule has 5 nitrogen and oxygen atoms in total. The average Bonchev–Trinajstić information content (AvgIpc) is 2.96. The Kier molecular flexibility index (Phi) is 6.23. The van der Waals surface area contributed by atoms with Crippen molar-refractivity contribution in [1.82, 2.24) is 0 Å². The van der Waals surface area contributed by atoms with Crippen LogP contribution in [0.15, 0.2) is 46.5 Å². The number of thiophene rings is 1. The number of azide groups is 1. The Balaban J connectivity index is 2.16. The van der Waals surface area contributed by atoms with Gasteiger partial charge in [-0.25, -0.2) is 4.79 Å². The van der Waals surface area contributed by atoms with Crippen molar-refractivity contribution in [2.75, 3.05) is 6.61 Å². The number of carbonyl (C=O) groups is 1. The minimum Gasteiger partial charge on any atom is -0.462 e. The lowest BCUT2D eigenvalue weighted by Crippen LogP contribution is -2.05. The molecule has 23 heavy (non-hydrogen) atoms. The molecule has 2 rings (SSSR count). The maximum atomic E-state index is 11.7. The maximum absolute atomic E-state index is 11.7. The molecule has 0 aliphatic carbocycles. The molecule has 1 aromatic carbocycles. The van der Waals surface area contributed by atoms with Crippen molar-refractivity contribution in [1.29, 1.82) is 0 Å². The van der Waals surface area contributed by atoms with Crippen molar-refractivity contribution in [2.45, 2.75) is 13.3 Å². The molecular formula is C16H14ClN3O2S. The monoisotopic (exact) mass is 347 g/mol. The number of nitrogens with zero attached hydrogens (tertiary/aromatic N) is 3. The molecule has 1 heterocycles. The van der Waals surface area contributed by atoms with E-state index in [0.717, 1.165) is 22.4 Å². The fourth-order valence-electron chi connectivity index (χ4n) is 1.92. The van der Waals surface area contributed by atoms with E-state index >= 15 is 0 Å². The van der Waals surface area contributed by atoms with Crippen molar-refractivity contribution in [3.8, 4) is 0 Å². The van der Waals surface area contributed by atoms with E-state index in [2.05, 4.69) is 10.0 Å². The highest BCUT2D eigenvalue weighted by molar-refractivity contribution is 7.11. The predicted molar refractivity (Wildman–Crippen MR) is 92.3 cm³/mol. The number of hydrogen-bond acceptors (Lipinski definition) is 4. The van der Waals surface area contributed by atoms with Gasteiger partial charge < -0.3 is 4.74 Å². The number of ether oxygens (including phenoxy) is 1. The van der Waals surface area contributed by atoms with Gasteiger partial charge in [0, 0.05) is 14.8 Å². The van der Waals surface area contributed by atoms with E-state index in [9.17, 15) is 4.79 Å². The molecule has 118 valence electrons. The zero-order valence-electron chi connectivity index (χ0n) is 12.4. The normalized spacial score (nSPS) is 11.0. The standard InChI is InChI=1S/C16H14ClN3O2S/c1-2-22-16(21)15(19-20-18)9-14-8-12(10-23-14)7-11-3-5-13(17)6-4-11/h3-6,8-10H,2,7H2,1H3. The summed E-state index contributed by atoms with van der Waals surface area (Å²) < 4.78 is 4.86. The lowest BCUT2D eigenvalue weighted by Gasteiger charge is -2.00. The number of benzene rings is 1. The highest BCUT2D eigenvalue weighted by Crippen LogP contribution is 2.22. The smallest absolute Gasteiger partial charge is 0.340 e. The van der Waals surface area contributed by atoms with Crippen LogP contribution in [0.3, 0.4) is 0 Å². The summed E-state index contributed by atoms with van der Waals surface area (Å²) in [6, 6.07) is 9.60. The first-order chi connectivity index (χ1) is 11.1. The summed E-state index contributed by atoms with van der Waals surface area (Å²) >= 11 is 7.34. The third-order valence-corrected chi connectivity index (χ3v) is 4.09. The van der Waals surface area contributed by atoms with Crippen molar-refractivity contribution in [2.24, 2.45) is 5.11 Å². The Morgan fingerprint density at radius 1 is 1.39 bits per heavy atom. The molecule has 0 aliphatic heterocycles. The van der Waals surface area contributed by atoms with Crippen LogP contribution in [-0.4, -0.2) is 12.6 Å². The zero-order valence-corrected chi connectivity index (χ0v) is 14.0. The quantitative estimate of drug-likeness (QED) is 0.236. The van der Waals surface area contributed by atoms with Gasteiger partial charge >= 0.3 is 5.97 Å². The first-order valence-electron chi connectivity index (χ1n) is 6.88. The zero-order chi connectivity index (χ0) is 16.7. The number of rotatable bonds is 6. The van der Waals surface area contributed by atoms with E-state index in [1.54, 1.807) is 6.92 Å². The van der Waals surface area contributed by atoms with Crippen molar-refractivity contribution in [3.63, 3.8) is 0 Å². The minimum atomic E-state index is -0.627. The summed E-state index contributed by atoms with van der Waals surface area (Å²) in [4.78, 5) is 15.2. The Morgan fingerprint density at radius 3 is 2.78 bits per heavy atom. The van der Waals surface area contributed by atoms with Gasteiger partial charge in [-0.15, -0.1) is 11.3 Å². The number of esters is 1. The van der Waals surface area contributed by atoms with Gasteiger partial charge in [0.1, 0.15) is 5.70 Å². The SMILES string of the molecule is CCOC(=O)C(=Cc1cc(Cc2ccc(Cl)cc2)cs1)N=[N+]=[N-]. The molecule has 1 aromatic heterocycles. The molecule has 0 spiro atoms. The highest BCUT2D eigenvalue weighted by Gasteiger charge is 2.09. The van der Waals surface area contributed by atoms with Gasteiger partial charge in [-0.1, -0.05) is 28.8 Å². The van der Waals surface area contributed by atoms with E-state index < -0.39 is 5.97 Å².